The number of carbonyl (C=O) groups is 1. The van der Waals surface area contributed by atoms with E-state index in [1.165, 1.54) is 33.4 Å². The molecular weight excluding hydrogens is 1790 g/mol. The number of anilines is 4. The number of benzene rings is 11. The standard InChI is InChI=1S/C26H27Cl3N2.C25H21Cl3N2O.C24H21Cl3N2O2.C23H25Cl3N2O2/c1-19(20-5-3-2-4-6-20)13-14-30-15-16-31(25-12-11-23(28)17-24(25)29)26(18-30)21-7-9-22(27)10-8-21;26-19-7-5-17(6-8-19)24-16-29(15-21-13-18-3-1-2-4-25(18)31-21)11-12-30(24)23-10-9-20(27)14-22(23)28;25-18-4-2-17(3-5-18)22-14-28(13-16-1-8-23-24(11-16)31-15-30-23)9-10-29(22)21-7-6-19(26)12-20(21)27;1-2-30-23(29)19-11-16(19)13-27-9-10-28(21-8-7-18(25)12-20(21)26)22(14-27)15-3-5-17(24)6-4-15/h2-12,17,19,26H,13-16,18H2,1H3;1-10,13-14,24H,11-12,15-16H2;1-8,11-12,22H,9-10,13-15H2;3-8,12,16,19,22H,2,9-11,13-14H2,1H3. The Balaban J connectivity index is 0.000000127. The number of hydrogen-bond acceptors (Lipinski definition) is 13. The van der Waals surface area contributed by atoms with Crippen molar-refractivity contribution < 1.29 is 23.4 Å². The molecule has 1 saturated carbocycles. The van der Waals surface area contributed by atoms with Crippen molar-refractivity contribution in [1.82, 2.24) is 19.6 Å². The van der Waals surface area contributed by atoms with E-state index in [-0.39, 0.29) is 42.8 Å². The van der Waals surface area contributed by atoms with Crippen LogP contribution in [-0.2, 0) is 22.6 Å². The minimum absolute atomic E-state index is 0.0525. The third kappa shape index (κ3) is 23.5. The average Bonchev–Trinajstić information content (AvgIpc) is 1.72. The molecule has 13 nitrogen and oxygen atoms in total. The molecule has 18 rings (SSSR count). The first-order chi connectivity index (χ1) is 59.6. The molecular formula is C98H94Cl12N8O5. The number of hydrogen-bond donors (Lipinski definition) is 0. The number of carbonyl (C=O) groups excluding carboxylic acids is 1. The molecule has 1 aliphatic carbocycles. The highest BCUT2D eigenvalue weighted by atomic mass is 35.5. The number of para-hydroxylation sites is 1. The van der Waals surface area contributed by atoms with Crippen molar-refractivity contribution in [2.45, 2.75) is 69.9 Å². The molecule has 25 heteroatoms. The van der Waals surface area contributed by atoms with Gasteiger partial charge in [0.25, 0.3) is 0 Å². The Bertz CT molecular complexity index is 5520. The van der Waals surface area contributed by atoms with Gasteiger partial charge in [-0.05, 0) is 217 Å². The lowest BCUT2D eigenvalue weighted by Gasteiger charge is -2.43. The highest BCUT2D eigenvalue weighted by Crippen LogP contribution is 2.46. The topological polar surface area (TPSA) is 83.8 Å². The predicted octanol–water partition coefficient (Wildman–Crippen LogP) is 27.3. The molecule has 12 aromatic rings. The zero-order valence-corrected chi connectivity index (χ0v) is 77.1. The Labute approximate surface area is 781 Å². The largest absolute Gasteiger partial charge is 0.466 e. The smallest absolute Gasteiger partial charge is 0.309 e. The number of fused-ring (bicyclic) bond motifs is 2. The van der Waals surface area contributed by atoms with E-state index in [4.69, 9.17) is 158 Å². The van der Waals surface area contributed by atoms with Crippen LogP contribution in [-0.4, -0.2) is 131 Å². The average molecular weight is 1890 g/mol. The number of nitrogens with zero attached hydrogens (tertiary/aromatic N) is 8. The Morgan fingerprint density at radius 2 is 0.789 bits per heavy atom. The lowest BCUT2D eigenvalue weighted by atomic mass is 9.96. The van der Waals surface area contributed by atoms with Crippen LogP contribution >= 0.6 is 139 Å². The van der Waals surface area contributed by atoms with Crippen LogP contribution in [0.15, 0.2) is 253 Å². The summed E-state index contributed by atoms with van der Waals surface area (Å²) >= 11 is 75.4. The SMILES string of the molecule is CC(CCN1CCN(c2ccc(Cl)cc2Cl)C(c2ccc(Cl)cc2)C1)c1ccccc1.CCOC(=O)C1CC1CN1CCN(c2ccc(Cl)cc2Cl)C(c2ccc(Cl)cc2)C1.Clc1ccc(C2CN(Cc3cc4ccccc4o3)CCN2c2ccc(Cl)cc2Cl)cc1.Clc1ccc(C2CN(Cc3ccc4c(c3)OCO4)CCN2c2ccc(Cl)cc2Cl)cc1. The van der Waals surface area contributed by atoms with E-state index < -0.39 is 0 Å². The van der Waals surface area contributed by atoms with E-state index in [0.29, 0.717) is 58.6 Å². The highest BCUT2D eigenvalue weighted by molar-refractivity contribution is 6.38. The van der Waals surface area contributed by atoms with E-state index in [9.17, 15) is 4.79 Å². The Hall–Kier alpha value is -7.45. The molecule has 11 aromatic carbocycles. The van der Waals surface area contributed by atoms with Crippen LogP contribution in [0.5, 0.6) is 11.5 Å². The Morgan fingerprint density at radius 1 is 0.398 bits per heavy atom. The third-order valence-corrected chi connectivity index (χ3v) is 26.9. The zero-order chi connectivity index (χ0) is 85.8. The molecule has 0 amide bonds. The maximum absolute atomic E-state index is 12.0. The minimum atomic E-state index is -0.0525. The van der Waals surface area contributed by atoms with Gasteiger partial charge in [-0.25, -0.2) is 0 Å². The fourth-order valence-electron chi connectivity index (χ4n) is 17.2. The fourth-order valence-corrected chi connectivity index (χ4v) is 19.8. The number of furan rings is 1. The van der Waals surface area contributed by atoms with Crippen molar-refractivity contribution in [2.24, 2.45) is 11.8 Å². The van der Waals surface area contributed by atoms with Crippen molar-refractivity contribution in [3.8, 4) is 11.5 Å². The second kappa shape index (κ2) is 42.4. The van der Waals surface area contributed by atoms with Crippen molar-refractivity contribution in [3.05, 3.63) is 348 Å². The van der Waals surface area contributed by atoms with Crippen molar-refractivity contribution >= 4 is 179 Å². The van der Waals surface area contributed by atoms with Crippen LogP contribution in [0.2, 0.25) is 60.3 Å². The quantitative estimate of drug-likeness (QED) is 0.0680. The van der Waals surface area contributed by atoms with Gasteiger partial charge < -0.3 is 38.2 Å². The van der Waals surface area contributed by atoms with Crippen LogP contribution in [0.25, 0.3) is 11.0 Å². The number of ether oxygens (including phenoxy) is 3. The van der Waals surface area contributed by atoms with Crippen LogP contribution in [0.3, 0.4) is 0 Å². The number of piperazine rings is 4. The molecule has 0 radical (unpaired) electrons. The van der Waals surface area contributed by atoms with Gasteiger partial charge in [-0.3, -0.25) is 24.4 Å². The maximum Gasteiger partial charge on any atom is 0.309 e. The summed E-state index contributed by atoms with van der Waals surface area (Å²) in [6.07, 6.45) is 2.06. The minimum Gasteiger partial charge on any atom is -0.466 e. The van der Waals surface area contributed by atoms with Gasteiger partial charge in [-0.15, -0.1) is 0 Å². The van der Waals surface area contributed by atoms with Crippen LogP contribution in [0.4, 0.5) is 22.7 Å². The van der Waals surface area contributed by atoms with Crippen LogP contribution < -0.4 is 29.1 Å². The van der Waals surface area contributed by atoms with Gasteiger partial charge >= 0.3 is 5.97 Å². The van der Waals surface area contributed by atoms with Crippen molar-refractivity contribution in [1.29, 1.82) is 0 Å². The first-order valence-electron chi connectivity index (χ1n) is 41.5. The summed E-state index contributed by atoms with van der Waals surface area (Å²) in [5, 5.41) is 9.31. The monoisotopic (exact) mass is 1880 g/mol. The van der Waals surface area contributed by atoms with Crippen molar-refractivity contribution in [3.63, 3.8) is 0 Å². The van der Waals surface area contributed by atoms with Gasteiger partial charge in [0.05, 0.1) is 86.1 Å². The fraction of sp³-hybridized carbons (Fsp3) is 0.296. The molecule has 5 fully saturated rings. The summed E-state index contributed by atoms with van der Waals surface area (Å²) in [5.74, 6) is 3.54. The summed E-state index contributed by atoms with van der Waals surface area (Å²) < 4.78 is 22.2. The van der Waals surface area contributed by atoms with E-state index in [1.807, 2.05) is 134 Å². The molecule has 5 aliphatic heterocycles. The summed E-state index contributed by atoms with van der Waals surface area (Å²) in [6.45, 7) is 19.2. The van der Waals surface area contributed by atoms with E-state index in [0.717, 1.165) is 189 Å². The lowest BCUT2D eigenvalue weighted by molar-refractivity contribution is -0.145. The van der Waals surface area contributed by atoms with Crippen molar-refractivity contribution in [2.75, 3.05) is 125 Å². The van der Waals surface area contributed by atoms with E-state index >= 15 is 0 Å². The first-order valence-corrected chi connectivity index (χ1v) is 46.0. The molecule has 1 aromatic heterocycles. The van der Waals surface area contributed by atoms with E-state index in [1.54, 1.807) is 18.2 Å². The molecule has 6 heterocycles. The predicted molar refractivity (Wildman–Crippen MR) is 512 cm³/mol. The Morgan fingerprint density at radius 3 is 1.23 bits per heavy atom. The number of rotatable bonds is 20. The van der Waals surface area contributed by atoms with Crippen LogP contribution in [0.1, 0.15) is 95.9 Å². The van der Waals surface area contributed by atoms with Gasteiger partial charge in [0, 0.05) is 137 Å². The van der Waals surface area contributed by atoms with Crippen LogP contribution in [0, 0.1) is 11.8 Å². The van der Waals surface area contributed by atoms with Gasteiger partial charge in [0.15, 0.2) is 11.5 Å². The molecule has 0 spiro atoms. The summed E-state index contributed by atoms with van der Waals surface area (Å²) in [6, 6.07) is 82.9. The van der Waals surface area contributed by atoms with Gasteiger partial charge in [0.1, 0.15) is 11.3 Å². The zero-order valence-electron chi connectivity index (χ0n) is 68.0. The summed E-state index contributed by atoms with van der Waals surface area (Å²) in [4.78, 5) is 31.4. The maximum atomic E-state index is 12.0. The Kier molecular flexibility index (Phi) is 31.2. The second-order valence-corrected chi connectivity index (χ2v) is 37.0. The molecule has 640 valence electrons. The molecule has 123 heavy (non-hydrogen) atoms. The second-order valence-electron chi connectivity index (χ2n) is 31.8. The summed E-state index contributed by atoms with van der Waals surface area (Å²) in [7, 11) is 0. The highest BCUT2D eigenvalue weighted by Gasteiger charge is 2.46. The number of halogens is 12. The molecule has 7 unspecified atom stereocenters. The van der Waals surface area contributed by atoms with Gasteiger partial charge in [0.2, 0.25) is 6.79 Å². The summed E-state index contributed by atoms with van der Waals surface area (Å²) in [5.41, 5.74) is 12.4. The molecule has 6 aliphatic rings. The molecule has 4 saturated heterocycles. The molecule has 0 bridgehead atoms. The normalized spacial score (nSPS) is 19.5. The number of esters is 1. The van der Waals surface area contributed by atoms with E-state index in [2.05, 4.69) is 149 Å². The van der Waals surface area contributed by atoms with Gasteiger partial charge in [-0.1, -0.05) is 249 Å². The molecule has 0 N–H and O–H groups in total. The van der Waals surface area contributed by atoms with Gasteiger partial charge in [-0.2, -0.15) is 0 Å². The third-order valence-electron chi connectivity index (χ3n) is 23.7. The first kappa shape index (κ1) is 90.3. The molecule has 7 atom stereocenters. The lowest BCUT2D eigenvalue weighted by Crippen LogP contribution is -2.49.